The maximum absolute atomic E-state index is 11.5. The number of allylic oxidation sites excluding steroid dienone is 1. The molecule has 1 heterocycles. The quantitative estimate of drug-likeness (QED) is 0.268. The van der Waals surface area contributed by atoms with Gasteiger partial charge < -0.3 is 5.32 Å². The van der Waals surface area contributed by atoms with E-state index in [0.717, 1.165) is 5.01 Å². The molecule has 15 heavy (non-hydrogen) atoms. The number of carbonyl (C=O) groups is 1. The van der Waals surface area contributed by atoms with Gasteiger partial charge in [-0.05, 0) is 19.1 Å². The number of hydrogen-bond acceptors (Lipinski definition) is 3. The van der Waals surface area contributed by atoms with Crippen molar-refractivity contribution in [2.75, 3.05) is 0 Å². The highest BCUT2D eigenvalue weighted by Crippen LogP contribution is 2.19. The zero-order chi connectivity index (χ0) is 11.6. The van der Waals surface area contributed by atoms with Crippen molar-refractivity contribution in [1.82, 2.24) is 10.3 Å². The minimum absolute atomic E-state index is 0.251. The molecule has 0 aromatic rings. The SMILES string of the molecule is CC(Br)C(=O)N(N)C1=C(Cl)NC(Cl)C=C1. The van der Waals surface area contributed by atoms with E-state index in [1.807, 2.05) is 0 Å². The van der Waals surface area contributed by atoms with Crippen LogP contribution in [0.3, 0.4) is 0 Å². The maximum atomic E-state index is 11.5. The number of carbonyl (C=O) groups excluding carboxylic acids is 1. The number of rotatable bonds is 2. The van der Waals surface area contributed by atoms with Crippen LogP contribution in [0.15, 0.2) is 23.0 Å². The second kappa shape index (κ2) is 5.21. The number of hydrogen-bond donors (Lipinski definition) is 2. The molecule has 3 N–H and O–H groups in total. The summed E-state index contributed by atoms with van der Waals surface area (Å²) in [6.07, 6.45) is 3.25. The Morgan fingerprint density at radius 1 is 1.80 bits per heavy atom. The predicted molar refractivity (Wildman–Crippen MR) is 64.2 cm³/mol. The van der Waals surface area contributed by atoms with Gasteiger partial charge in [0.2, 0.25) is 0 Å². The molecule has 0 fully saturated rings. The molecular weight excluding hydrogens is 305 g/mol. The number of nitrogens with one attached hydrogen (secondary N) is 1. The lowest BCUT2D eigenvalue weighted by Gasteiger charge is -2.24. The molecule has 0 radical (unpaired) electrons. The third kappa shape index (κ3) is 3.11. The van der Waals surface area contributed by atoms with Crippen molar-refractivity contribution in [2.24, 2.45) is 5.84 Å². The molecule has 0 spiro atoms. The second-order valence-corrected chi connectivity index (χ2v) is 5.15. The summed E-state index contributed by atoms with van der Waals surface area (Å²) in [6, 6.07) is 0. The normalized spacial score (nSPS) is 22.3. The minimum Gasteiger partial charge on any atom is -0.355 e. The number of nitrogens with two attached hydrogens (primary N) is 1. The van der Waals surface area contributed by atoms with Crippen LogP contribution in [0, 0.1) is 0 Å². The number of hydrazine groups is 1. The molecule has 1 aliphatic rings. The number of halogens is 3. The number of alkyl halides is 2. The Hall–Kier alpha value is -0.230. The fraction of sp³-hybridized carbons (Fsp3) is 0.375. The van der Waals surface area contributed by atoms with Gasteiger partial charge in [-0.15, -0.1) is 0 Å². The summed E-state index contributed by atoms with van der Waals surface area (Å²) < 4.78 is 0. The molecule has 84 valence electrons. The topological polar surface area (TPSA) is 58.4 Å². The summed E-state index contributed by atoms with van der Waals surface area (Å²) in [6.45, 7) is 1.68. The number of dihydropyridines is 1. The summed E-state index contributed by atoms with van der Waals surface area (Å²) in [4.78, 5) is 11.2. The van der Waals surface area contributed by atoms with Crippen LogP contribution in [0.2, 0.25) is 0 Å². The molecule has 0 aromatic carbocycles. The highest BCUT2D eigenvalue weighted by molar-refractivity contribution is 9.10. The van der Waals surface area contributed by atoms with Gasteiger partial charge in [-0.1, -0.05) is 39.1 Å². The molecule has 7 heteroatoms. The highest BCUT2D eigenvalue weighted by Gasteiger charge is 2.22. The van der Waals surface area contributed by atoms with Crippen molar-refractivity contribution < 1.29 is 4.79 Å². The first-order chi connectivity index (χ1) is 6.93. The smallest absolute Gasteiger partial charge is 0.254 e. The van der Waals surface area contributed by atoms with E-state index in [9.17, 15) is 4.79 Å². The first-order valence-electron chi connectivity index (χ1n) is 4.14. The van der Waals surface area contributed by atoms with Crippen LogP contribution in [0.5, 0.6) is 0 Å². The zero-order valence-corrected chi connectivity index (χ0v) is 11.0. The van der Waals surface area contributed by atoms with Crippen LogP contribution < -0.4 is 11.2 Å². The molecular formula is C8H10BrCl2N3O. The third-order valence-corrected chi connectivity index (χ3v) is 2.70. The lowest BCUT2D eigenvalue weighted by molar-refractivity contribution is -0.128. The van der Waals surface area contributed by atoms with Gasteiger partial charge in [-0.3, -0.25) is 4.79 Å². The van der Waals surface area contributed by atoms with Crippen molar-refractivity contribution >= 4 is 45.0 Å². The van der Waals surface area contributed by atoms with Crippen molar-refractivity contribution in [2.45, 2.75) is 17.3 Å². The lowest BCUT2D eigenvalue weighted by atomic mass is 10.3. The molecule has 0 saturated heterocycles. The van der Waals surface area contributed by atoms with Crippen molar-refractivity contribution in [3.63, 3.8) is 0 Å². The highest BCUT2D eigenvalue weighted by atomic mass is 79.9. The van der Waals surface area contributed by atoms with E-state index < -0.39 is 0 Å². The predicted octanol–water partition coefficient (Wildman–Crippen LogP) is 1.60. The van der Waals surface area contributed by atoms with Gasteiger partial charge in [0.05, 0.1) is 10.5 Å². The fourth-order valence-electron chi connectivity index (χ4n) is 0.988. The van der Waals surface area contributed by atoms with Gasteiger partial charge in [0.25, 0.3) is 5.91 Å². The molecule has 1 amide bonds. The molecule has 0 saturated carbocycles. The lowest BCUT2D eigenvalue weighted by Crippen LogP contribution is -2.42. The average Bonchev–Trinajstić information content (AvgIpc) is 2.15. The van der Waals surface area contributed by atoms with Crippen molar-refractivity contribution in [3.05, 3.63) is 23.0 Å². The summed E-state index contributed by atoms with van der Waals surface area (Å²) in [5.41, 5.74) is 0.0102. The van der Waals surface area contributed by atoms with E-state index in [-0.39, 0.29) is 21.4 Å². The molecule has 0 aliphatic carbocycles. The number of amides is 1. The van der Waals surface area contributed by atoms with Gasteiger partial charge >= 0.3 is 0 Å². The first kappa shape index (κ1) is 12.8. The molecule has 4 nitrogen and oxygen atoms in total. The van der Waals surface area contributed by atoms with Crippen LogP contribution in [0.4, 0.5) is 0 Å². The summed E-state index contributed by atoms with van der Waals surface area (Å²) in [7, 11) is 0. The van der Waals surface area contributed by atoms with Crippen LogP contribution in [-0.2, 0) is 4.79 Å². The van der Waals surface area contributed by atoms with E-state index >= 15 is 0 Å². The van der Waals surface area contributed by atoms with Crippen LogP contribution in [0.25, 0.3) is 0 Å². The molecule has 0 aromatic heterocycles. The van der Waals surface area contributed by atoms with Gasteiger partial charge in [0.15, 0.2) is 0 Å². The molecule has 1 rings (SSSR count). The average molecular weight is 315 g/mol. The Morgan fingerprint density at radius 3 is 2.87 bits per heavy atom. The summed E-state index contributed by atoms with van der Waals surface area (Å²) in [5.74, 6) is 5.32. The zero-order valence-electron chi connectivity index (χ0n) is 7.88. The van der Waals surface area contributed by atoms with E-state index in [1.165, 1.54) is 0 Å². The second-order valence-electron chi connectivity index (χ2n) is 2.93. The molecule has 2 unspecified atom stereocenters. The van der Waals surface area contributed by atoms with Crippen molar-refractivity contribution in [1.29, 1.82) is 0 Å². The maximum Gasteiger partial charge on any atom is 0.254 e. The summed E-state index contributed by atoms with van der Waals surface area (Å²) >= 11 is 14.7. The van der Waals surface area contributed by atoms with Gasteiger partial charge in [-0.25, -0.2) is 10.9 Å². The van der Waals surface area contributed by atoms with Crippen LogP contribution >= 0.6 is 39.1 Å². The van der Waals surface area contributed by atoms with E-state index in [2.05, 4.69) is 21.2 Å². The van der Waals surface area contributed by atoms with Crippen LogP contribution in [-0.4, -0.2) is 21.2 Å². The third-order valence-electron chi connectivity index (χ3n) is 1.75. The molecule has 2 atom stereocenters. The summed E-state index contributed by atoms with van der Waals surface area (Å²) in [5, 5.41) is 3.97. The van der Waals surface area contributed by atoms with E-state index in [1.54, 1.807) is 19.1 Å². The van der Waals surface area contributed by atoms with Crippen molar-refractivity contribution in [3.8, 4) is 0 Å². The largest absolute Gasteiger partial charge is 0.355 e. The monoisotopic (exact) mass is 313 g/mol. The molecule has 0 bridgehead atoms. The minimum atomic E-state index is -0.383. The standard InChI is InChI=1S/C8H10BrCl2N3O/c1-4(9)8(15)14(12)5-2-3-6(10)13-7(5)11/h2-4,6,13H,12H2,1H3. The Kier molecular flexibility index (Phi) is 4.45. The van der Waals surface area contributed by atoms with E-state index in [0.29, 0.717) is 5.70 Å². The molecule has 1 aliphatic heterocycles. The Balaban J connectivity index is 2.85. The number of nitrogens with zero attached hydrogens (tertiary/aromatic N) is 1. The fourth-order valence-corrected chi connectivity index (χ4v) is 1.72. The van der Waals surface area contributed by atoms with E-state index in [4.69, 9.17) is 29.0 Å². The van der Waals surface area contributed by atoms with Gasteiger partial charge in [-0.2, -0.15) is 0 Å². The Bertz CT molecular complexity index is 330. The first-order valence-corrected chi connectivity index (χ1v) is 5.88. The Labute approximate surface area is 106 Å². The van der Waals surface area contributed by atoms with Gasteiger partial charge in [0.1, 0.15) is 10.7 Å². The Morgan fingerprint density at radius 2 is 2.40 bits per heavy atom. The van der Waals surface area contributed by atoms with Crippen LogP contribution in [0.1, 0.15) is 6.92 Å². The van der Waals surface area contributed by atoms with Gasteiger partial charge in [0, 0.05) is 0 Å².